The van der Waals surface area contributed by atoms with Crippen molar-refractivity contribution in [1.82, 2.24) is 9.97 Å². The van der Waals surface area contributed by atoms with Gasteiger partial charge in [0, 0.05) is 25.1 Å². The average molecular weight is 313 g/mol. The molecule has 0 aromatic carbocycles. The smallest absolute Gasteiger partial charge is 0.268 e. The van der Waals surface area contributed by atoms with Crippen molar-refractivity contribution < 1.29 is 8.42 Å². The molecule has 0 unspecified atom stereocenters. The van der Waals surface area contributed by atoms with Gasteiger partial charge < -0.3 is 5.73 Å². The molecule has 2 aromatic rings. The van der Waals surface area contributed by atoms with Gasteiger partial charge in [-0.25, -0.2) is 13.4 Å². The van der Waals surface area contributed by atoms with E-state index in [1.54, 1.807) is 19.1 Å². The molecule has 0 radical (unpaired) electrons. The van der Waals surface area contributed by atoms with E-state index in [-0.39, 0.29) is 22.3 Å². The van der Waals surface area contributed by atoms with E-state index in [2.05, 4.69) is 9.97 Å². The zero-order valence-corrected chi connectivity index (χ0v) is 12.3. The summed E-state index contributed by atoms with van der Waals surface area (Å²) in [6.45, 7) is 1.98. The Bertz CT molecular complexity index is 707. The van der Waals surface area contributed by atoms with E-state index in [0.29, 0.717) is 5.69 Å². The Labute approximate surface area is 122 Å². The molecular formula is C12H13ClN4O2S. The lowest BCUT2D eigenvalue weighted by molar-refractivity contribution is 0.592. The highest BCUT2D eigenvalue weighted by molar-refractivity contribution is 7.93. The van der Waals surface area contributed by atoms with Gasteiger partial charge >= 0.3 is 0 Å². The molecule has 0 saturated carbocycles. The van der Waals surface area contributed by atoms with Crippen molar-refractivity contribution in [2.45, 2.75) is 11.8 Å². The molecule has 0 aliphatic carbocycles. The topological polar surface area (TPSA) is 89.2 Å². The van der Waals surface area contributed by atoms with Crippen LogP contribution in [0.3, 0.4) is 0 Å². The third-order valence-corrected chi connectivity index (χ3v) is 4.79. The maximum absolute atomic E-state index is 12.7. The van der Waals surface area contributed by atoms with Crippen molar-refractivity contribution >= 4 is 33.1 Å². The summed E-state index contributed by atoms with van der Waals surface area (Å²) < 4.78 is 26.5. The molecular weight excluding hydrogens is 300 g/mol. The lowest BCUT2D eigenvalue weighted by Gasteiger charge is -2.23. The summed E-state index contributed by atoms with van der Waals surface area (Å²) in [4.78, 5) is 7.54. The van der Waals surface area contributed by atoms with Crippen LogP contribution in [0.2, 0.25) is 5.02 Å². The van der Waals surface area contributed by atoms with Gasteiger partial charge in [0.05, 0.1) is 10.7 Å². The maximum Gasteiger partial charge on any atom is 0.268 e. The molecule has 0 aliphatic heterocycles. The Morgan fingerprint density at radius 2 is 2.00 bits per heavy atom. The molecule has 2 rings (SSSR count). The van der Waals surface area contributed by atoms with Gasteiger partial charge in [-0.15, -0.1) is 0 Å². The largest absolute Gasteiger partial charge is 0.383 e. The highest BCUT2D eigenvalue weighted by Gasteiger charge is 2.26. The number of nitrogens with zero attached hydrogens (tertiary/aromatic N) is 3. The number of halogens is 1. The van der Waals surface area contributed by atoms with Gasteiger partial charge in [-0.3, -0.25) is 9.29 Å². The Balaban J connectivity index is 2.56. The van der Waals surface area contributed by atoms with E-state index >= 15 is 0 Å². The number of hydrogen-bond acceptors (Lipinski definition) is 5. The average Bonchev–Trinajstić information content (AvgIpc) is 2.43. The van der Waals surface area contributed by atoms with Crippen LogP contribution in [-0.4, -0.2) is 24.9 Å². The molecule has 0 spiro atoms. The van der Waals surface area contributed by atoms with Crippen LogP contribution in [0.4, 0.5) is 11.5 Å². The Hall–Kier alpha value is -1.86. The first-order chi connectivity index (χ1) is 9.46. The lowest BCUT2D eigenvalue weighted by Crippen LogP contribution is -2.31. The summed E-state index contributed by atoms with van der Waals surface area (Å²) in [5, 5.41) is 0.212. The molecule has 2 aromatic heterocycles. The number of nitrogens with two attached hydrogens (primary N) is 1. The van der Waals surface area contributed by atoms with Gasteiger partial charge in [0.15, 0.2) is 0 Å². The zero-order valence-electron chi connectivity index (χ0n) is 10.7. The number of hydrogen-bond donors (Lipinski definition) is 1. The predicted molar refractivity (Wildman–Crippen MR) is 78.1 cm³/mol. The second kappa shape index (κ2) is 5.64. The number of anilines is 2. The van der Waals surface area contributed by atoms with Gasteiger partial charge in [0.25, 0.3) is 10.0 Å². The molecule has 0 saturated heterocycles. The standard InChI is InChI=1S/C12H13ClN4O2S/c1-2-17(10-3-5-15-6-4-10)20(18,19)11-7-9(13)8-16-12(11)14/h3-8H,2H2,1H3,(H2,14,16). The molecule has 2 N–H and O–H groups in total. The van der Waals surface area contributed by atoms with Crippen LogP contribution in [-0.2, 0) is 10.0 Å². The maximum atomic E-state index is 12.7. The first-order valence-electron chi connectivity index (χ1n) is 5.80. The van der Waals surface area contributed by atoms with E-state index in [0.717, 1.165) is 0 Å². The van der Waals surface area contributed by atoms with E-state index in [1.165, 1.54) is 29.0 Å². The fourth-order valence-corrected chi connectivity index (χ4v) is 3.55. The van der Waals surface area contributed by atoms with Crippen LogP contribution in [0, 0.1) is 0 Å². The van der Waals surface area contributed by atoms with E-state index in [1.807, 2.05) is 0 Å². The number of aromatic nitrogens is 2. The van der Waals surface area contributed by atoms with Gasteiger partial charge in [0.1, 0.15) is 10.7 Å². The monoisotopic (exact) mass is 312 g/mol. The van der Waals surface area contributed by atoms with Crippen molar-refractivity contribution in [3.63, 3.8) is 0 Å². The molecule has 0 amide bonds. The van der Waals surface area contributed by atoms with E-state index in [9.17, 15) is 8.42 Å². The van der Waals surface area contributed by atoms with Crippen molar-refractivity contribution in [3.8, 4) is 0 Å². The molecule has 106 valence electrons. The summed E-state index contributed by atoms with van der Waals surface area (Å²) >= 11 is 5.81. The number of rotatable bonds is 4. The fraction of sp³-hybridized carbons (Fsp3) is 0.167. The van der Waals surface area contributed by atoms with Crippen LogP contribution >= 0.6 is 11.6 Å². The van der Waals surface area contributed by atoms with Gasteiger partial charge in [-0.05, 0) is 25.1 Å². The quantitative estimate of drug-likeness (QED) is 0.931. The number of pyridine rings is 2. The zero-order chi connectivity index (χ0) is 14.8. The molecule has 8 heteroatoms. The highest BCUT2D eigenvalue weighted by atomic mass is 35.5. The third-order valence-electron chi connectivity index (χ3n) is 2.65. The predicted octanol–water partition coefficient (Wildman–Crippen LogP) is 1.93. The second-order valence-electron chi connectivity index (χ2n) is 3.91. The molecule has 2 heterocycles. The highest BCUT2D eigenvalue weighted by Crippen LogP contribution is 2.27. The number of sulfonamides is 1. The Kier molecular flexibility index (Phi) is 4.10. The summed E-state index contributed by atoms with van der Waals surface area (Å²) in [6, 6.07) is 4.51. The summed E-state index contributed by atoms with van der Waals surface area (Å²) in [5.74, 6) is -0.0816. The van der Waals surface area contributed by atoms with Crippen LogP contribution in [0.25, 0.3) is 0 Å². The molecule has 6 nitrogen and oxygen atoms in total. The van der Waals surface area contributed by atoms with Crippen LogP contribution < -0.4 is 10.0 Å². The first kappa shape index (κ1) is 14.5. The fourth-order valence-electron chi connectivity index (χ4n) is 1.76. The number of nitrogen functional groups attached to an aromatic ring is 1. The SMILES string of the molecule is CCN(c1ccncc1)S(=O)(=O)c1cc(Cl)cnc1N. The molecule has 0 aliphatic rings. The summed E-state index contributed by atoms with van der Waals surface area (Å²) in [6.07, 6.45) is 4.35. The minimum absolute atomic E-state index is 0.0816. The van der Waals surface area contributed by atoms with Crippen molar-refractivity contribution in [2.75, 3.05) is 16.6 Å². The summed E-state index contributed by atoms with van der Waals surface area (Å²) in [5.41, 5.74) is 6.16. The van der Waals surface area contributed by atoms with Crippen LogP contribution in [0.15, 0.2) is 41.7 Å². The van der Waals surface area contributed by atoms with Crippen molar-refractivity contribution in [1.29, 1.82) is 0 Å². The van der Waals surface area contributed by atoms with Crippen molar-refractivity contribution in [2.24, 2.45) is 0 Å². The van der Waals surface area contributed by atoms with Crippen LogP contribution in [0.1, 0.15) is 6.92 Å². The first-order valence-corrected chi connectivity index (χ1v) is 7.62. The Morgan fingerprint density at radius 3 is 2.60 bits per heavy atom. The normalized spacial score (nSPS) is 11.3. The van der Waals surface area contributed by atoms with Gasteiger partial charge in [0.2, 0.25) is 0 Å². The van der Waals surface area contributed by atoms with Crippen LogP contribution in [0.5, 0.6) is 0 Å². The molecule has 0 bridgehead atoms. The Morgan fingerprint density at radius 1 is 1.35 bits per heavy atom. The van der Waals surface area contributed by atoms with Crippen molar-refractivity contribution in [3.05, 3.63) is 41.8 Å². The minimum Gasteiger partial charge on any atom is -0.383 e. The van der Waals surface area contributed by atoms with Gasteiger partial charge in [-0.1, -0.05) is 11.6 Å². The van der Waals surface area contributed by atoms with Gasteiger partial charge in [-0.2, -0.15) is 0 Å². The van der Waals surface area contributed by atoms with E-state index < -0.39 is 10.0 Å². The summed E-state index contributed by atoms with van der Waals surface area (Å²) in [7, 11) is -3.82. The second-order valence-corrected chi connectivity index (χ2v) is 6.18. The molecule has 0 fully saturated rings. The lowest BCUT2D eigenvalue weighted by atomic mass is 10.4. The minimum atomic E-state index is -3.82. The van der Waals surface area contributed by atoms with E-state index in [4.69, 9.17) is 17.3 Å². The molecule has 0 atom stereocenters. The third kappa shape index (κ3) is 2.68. The molecule has 20 heavy (non-hydrogen) atoms.